The van der Waals surface area contributed by atoms with E-state index >= 15 is 0 Å². The topological polar surface area (TPSA) is 108 Å². The van der Waals surface area contributed by atoms with Crippen molar-refractivity contribution in [2.24, 2.45) is 5.73 Å². The van der Waals surface area contributed by atoms with E-state index in [9.17, 15) is 14.4 Å². The lowest BCUT2D eigenvalue weighted by Gasteiger charge is -2.12. The van der Waals surface area contributed by atoms with Crippen molar-refractivity contribution >= 4 is 18.0 Å². The number of hydrogen-bond acceptors (Lipinski definition) is 5. The van der Waals surface area contributed by atoms with E-state index in [-0.39, 0.29) is 25.2 Å². The van der Waals surface area contributed by atoms with Gasteiger partial charge in [-0.25, -0.2) is 9.59 Å². The predicted octanol–water partition coefficient (Wildman–Crippen LogP) is -0.539. The summed E-state index contributed by atoms with van der Waals surface area (Å²) in [6.45, 7) is 0.434. The summed E-state index contributed by atoms with van der Waals surface area (Å²) < 4.78 is 9.58. The summed E-state index contributed by atoms with van der Waals surface area (Å²) in [5.41, 5.74) is 5.11. The number of urea groups is 1. The van der Waals surface area contributed by atoms with Gasteiger partial charge < -0.3 is 20.5 Å². The van der Waals surface area contributed by atoms with Crippen LogP contribution in [-0.2, 0) is 19.1 Å². The molecular weight excluding hydrogens is 228 g/mol. The first kappa shape index (κ1) is 13.0. The molecule has 0 aliphatic carbocycles. The second-order valence-electron chi connectivity index (χ2n) is 3.34. The largest absolute Gasteiger partial charge is 0.462 e. The van der Waals surface area contributed by atoms with Crippen LogP contribution in [0.3, 0.4) is 0 Å². The third-order valence-electron chi connectivity index (χ3n) is 2.01. The van der Waals surface area contributed by atoms with Crippen molar-refractivity contribution < 1.29 is 23.9 Å². The third kappa shape index (κ3) is 5.01. The molecule has 0 saturated carbocycles. The first-order chi connectivity index (χ1) is 8.09. The van der Waals surface area contributed by atoms with Crippen molar-refractivity contribution in [1.29, 1.82) is 0 Å². The Labute approximate surface area is 97.9 Å². The van der Waals surface area contributed by atoms with E-state index in [0.29, 0.717) is 13.0 Å². The quantitative estimate of drug-likeness (QED) is 0.392. The van der Waals surface area contributed by atoms with E-state index in [1.807, 2.05) is 0 Å². The lowest BCUT2D eigenvalue weighted by Crippen LogP contribution is -2.30. The summed E-state index contributed by atoms with van der Waals surface area (Å²) >= 11 is 0. The van der Waals surface area contributed by atoms with Gasteiger partial charge in [0.05, 0.1) is 6.42 Å². The summed E-state index contributed by atoms with van der Waals surface area (Å²) in [4.78, 5) is 33.0. The minimum absolute atomic E-state index is 0.0570. The summed E-state index contributed by atoms with van der Waals surface area (Å²) in [5, 5.41) is 2.37. The molecule has 17 heavy (non-hydrogen) atoms. The highest BCUT2D eigenvalue weighted by atomic mass is 16.6. The Bertz CT molecular complexity index is 351. The molecule has 1 rings (SSSR count). The van der Waals surface area contributed by atoms with Gasteiger partial charge in [-0.05, 0) is 6.42 Å². The Kier molecular flexibility index (Phi) is 4.99. The molecule has 2 amide bonds. The minimum Gasteiger partial charge on any atom is -0.462 e. The molecule has 1 saturated heterocycles. The van der Waals surface area contributed by atoms with Crippen molar-refractivity contribution in [3.63, 3.8) is 0 Å². The van der Waals surface area contributed by atoms with Crippen LogP contribution in [0.5, 0.6) is 0 Å². The molecule has 0 unspecified atom stereocenters. The molecule has 7 heteroatoms. The van der Waals surface area contributed by atoms with Gasteiger partial charge in [0.15, 0.2) is 0 Å². The van der Waals surface area contributed by atoms with E-state index < -0.39 is 18.0 Å². The van der Waals surface area contributed by atoms with Crippen LogP contribution in [0.4, 0.5) is 4.79 Å². The molecule has 0 spiro atoms. The average molecular weight is 242 g/mol. The van der Waals surface area contributed by atoms with E-state index in [4.69, 9.17) is 15.2 Å². The molecule has 3 N–H and O–H groups in total. The Balaban J connectivity index is 2.50. The van der Waals surface area contributed by atoms with Crippen LogP contribution in [0.25, 0.3) is 0 Å². The maximum absolute atomic E-state index is 11.4. The number of ether oxygens (including phenoxy) is 2. The third-order valence-corrected chi connectivity index (χ3v) is 2.01. The fraction of sp³-hybridized carbons (Fsp3) is 0.500. The number of carbonyl (C=O) groups excluding carboxylic acids is 3. The molecule has 0 aromatic rings. The predicted molar refractivity (Wildman–Crippen MR) is 56.8 cm³/mol. The Hall–Kier alpha value is -2.05. The van der Waals surface area contributed by atoms with Crippen molar-refractivity contribution in [2.45, 2.75) is 12.8 Å². The molecular formula is C10H14N2O5. The number of esters is 2. The van der Waals surface area contributed by atoms with Crippen molar-refractivity contribution in [1.82, 2.24) is 5.32 Å². The Morgan fingerprint density at radius 2 is 2.06 bits per heavy atom. The number of amides is 2. The van der Waals surface area contributed by atoms with Gasteiger partial charge in [-0.1, -0.05) is 6.08 Å². The van der Waals surface area contributed by atoms with Gasteiger partial charge in [0, 0.05) is 12.1 Å². The molecule has 1 aliphatic rings. The van der Waals surface area contributed by atoms with E-state index in [0.717, 1.165) is 0 Å². The molecule has 0 aromatic heterocycles. The number of carbonyl (C=O) groups is 3. The number of nitrogens with one attached hydrogen (secondary N) is 1. The number of hydrogen-bond donors (Lipinski definition) is 2. The van der Waals surface area contributed by atoms with E-state index in [1.165, 1.54) is 6.08 Å². The Morgan fingerprint density at radius 3 is 2.76 bits per heavy atom. The van der Waals surface area contributed by atoms with Gasteiger partial charge >= 0.3 is 18.0 Å². The van der Waals surface area contributed by atoms with Crippen LogP contribution in [0, 0.1) is 0 Å². The van der Waals surface area contributed by atoms with Gasteiger partial charge in [0.1, 0.15) is 13.2 Å². The minimum atomic E-state index is -0.636. The molecule has 1 aliphatic heterocycles. The maximum Gasteiger partial charge on any atom is 0.334 e. The summed E-state index contributed by atoms with van der Waals surface area (Å²) in [6, 6.07) is -0.636. The highest BCUT2D eigenvalue weighted by Crippen LogP contribution is 2.09. The number of rotatable bonds is 3. The second kappa shape index (κ2) is 6.51. The van der Waals surface area contributed by atoms with Gasteiger partial charge in [0.2, 0.25) is 0 Å². The summed E-state index contributed by atoms with van der Waals surface area (Å²) in [5.74, 6) is -0.989. The maximum atomic E-state index is 11.4. The number of nitrogens with two attached hydrogens (primary N) is 1. The van der Waals surface area contributed by atoms with Crippen LogP contribution in [0.15, 0.2) is 11.6 Å². The monoisotopic (exact) mass is 242 g/mol. The van der Waals surface area contributed by atoms with Crippen LogP contribution < -0.4 is 11.1 Å². The van der Waals surface area contributed by atoms with Crippen molar-refractivity contribution in [3.8, 4) is 0 Å². The van der Waals surface area contributed by atoms with Crippen LogP contribution in [0.1, 0.15) is 12.8 Å². The van der Waals surface area contributed by atoms with Gasteiger partial charge in [0.25, 0.3) is 0 Å². The number of primary amides is 1. The lowest BCUT2D eigenvalue weighted by atomic mass is 10.1. The normalized spacial score (nSPS) is 18.9. The van der Waals surface area contributed by atoms with Crippen LogP contribution in [-0.4, -0.2) is 37.7 Å². The van der Waals surface area contributed by atoms with Gasteiger partial charge in [-0.3, -0.25) is 4.79 Å². The average Bonchev–Trinajstić information content (AvgIpc) is 2.26. The molecule has 0 aromatic carbocycles. The number of cyclic esters (lactones) is 2. The molecule has 0 radical (unpaired) electrons. The standard InChI is InChI=1S/C10H14N2O5/c11-10(15)12-3-1-2-7-6-8(13)16-4-5-17-9(7)14/h2H,1,3-6H2,(H3,11,12,15). The van der Waals surface area contributed by atoms with E-state index in [1.54, 1.807) is 0 Å². The van der Waals surface area contributed by atoms with Gasteiger partial charge in [-0.2, -0.15) is 0 Å². The second-order valence-corrected chi connectivity index (χ2v) is 3.34. The smallest absolute Gasteiger partial charge is 0.334 e. The molecule has 7 nitrogen and oxygen atoms in total. The van der Waals surface area contributed by atoms with E-state index in [2.05, 4.69) is 5.32 Å². The zero-order valence-corrected chi connectivity index (χ0v) is 9.23. The SMILES string of the molecule is NC(=O)NCCC=C1CC(=O)OCCOC1=O. The molecule has 0 atom stereocenters. The fourth-order valence-electron chi connectivity index (χ4n) is 1.26. The summed E-state index contributed by atoms with van der Waals surface area (Å²) in [7, 11) is 0. The zero-order chi connectivity index (χ0) is 12.7. The van der Waals surface area contributed by atoms with Crippen LogP contribution in [0.2, 0.25) is 0 Å². The molecule has 1 fully saturated rings. The first-order valence-corrected chi connectivity index (χ1v) is 5.14. The van der Waals surface area contributed by atoms with Crippen LogP contribution >= 0.6 is 0 Å². The zero-order valence-electron chi connectivity index (χ0n) is 9.23. The fourth-order valence-corrected chi connectivity index (χ4v) is 1.26. The van der Waals surface area contributed by atoms with Crippen molar-refractivity contribution in [3.05, 3.63) is 11.6 Å². The lowest BCUT2D eigenvalue weighted by molar-refractivity contribution is -0.154. The highest BCUT2D eigenvalue weighted by molar-refractivity contribution is 5.94. The molecule has 94 valence electrons. The molecule has 1 heterocycles. The summed E-state index contributed by atoms with van der Waals surface area (Å²) in [6.07, 6.45) is 1.81. The van der Waals surface area contributed by atoms with Crippen molar-refractivity contribution in [2.75, 3.05) is 19.8 Å². The highest BCUT2D eigenvalue weighted by Gasteiger charge is 2.18. The first-order valence-electron chi connectivity index (χ1n) is 5.14. The molecule has 0 bridgehead atoms. The Morgan fingerprint density at radius 1 is 1.35 bits per heavy atom. The van der Waals surface area contributed by atoms with Gasteiger partial charge in [-0.15, -0.1) is 0 Å².